The second-order valence-electron chi connectivity index (χ2n) is 2.70. The summed E-state index contributed by atoms with van der Waals surface area (Å²) in [6.07, 6.45) is 0.692. The van der Waals surface area contributed by atoms with E-state index in [1.807, 2.05) is 0 Å². The number of amides is 1. The molecule has 1 rings (SSSR count). The van der Waals surface area contributed by atoms with E-state index in [1.54, 1.807) is 19.1 Å². The first-order valence-corrected chi connectivity index (χ1v) is 3.88. The van der Waals surface area contributed by atoms with Gasteiger partial charge in [-0.25, -0.2) is 4.39 Å². The number of carbonyl (C=O) groups excluding carboxylic acids is 1. The number of aryl methyl sites for hydroxylation is 1. The standard InChI is InChI=1S/C9H9FN2O2/c1-6-2-3-7(4-8(6)10)12-9(13)5-11-14/h2-5,14H,1H3,(H,12,13)/b11-5-. The summed E-state index contributed by atoms with van der Waals surface area (Å²) < 4.78 is 13.0. The summed E-state index contributed by atoms with van der Waals surface area (Å²) in [7, 11) is 0. The van der Waals surface area contributed by atoms with E-state index in [0.29, 0.717) is 17.5 Å². The second kappa shape index (κ2) is 4.36. The topological polar surface area (TPSA) is 61.7 Å². The van der Waals surface area contributed by atoms with Gasteiger partial charge >= 0.3 is 0 Å². The molecule has 74 valence electrons. The molecule has 0 aliphatic heterocycles. The molecule has 0 aliphatic carbocycles. The highest BCUT2D eigenvalue weighted by molar-refractivity contribution is 6.31. The van der Waals surface area contributed by atoms with Crippen LogP contribution in [0.4, 0.5) is 10.1 Å². The minimum atomic E-state index is -0.615. The van der Waals surface area contributed by atoms with E-state index >= 15 is 0 Å². The average molecular weight is 196 g/mol. The van der Waals surface area contributed by atoms with Gasteiger partial charge in [0.05, 0.1) is 0 Å². The Labute approximate surface area is 80.0 Å². The molecule has 4 nitrogen and oxygen atoms in total. The quantitative estimate of drug-likeness (QED) is 0.428. The molecular weight excluding hydrogens is 187 g/mol. The number of rotatable bonds is 2. The summed E-state index contributed by atoms with van der Waals surface area (Å²) in [6, 6.07) is 4.29. The Bertz CT molecular complexity index is 377. The molecule has 1 aromatic carbocycles. The number of carbonyl (C=O) groups is 1. The summed E-state index contributed by atoms with van der Waals surface area (Å²) in [5.41, 5.74) is 0.817. The molecule has 0 aliphatic rings. The lowest BCUT2D eigenvalue weighted by Gasteiger charge is -2.02. The Morgan fingerprint density at radius 2 is 2.36 bits per heavy atom. The zero-order valence-electron chi connectivity index (χ0n) is 7.49. The highest BCUT2D eigenvalue weighted by Crippen LogP contribution is 2.12. The lowest BCUT2D eigenvalue weighted by molar-refractivity contribution is -0.110. The van der Waals surface area contributed by atoms with Crippen LogP contribution in [0.25, 0.3) is 0 Å². The third-order valence-corrected chi connectivity index (χ3v) is 1.61. The predicted molar refractivity (Wildman–Crippen MR) is 50.0 cm³/mol. The van der Waals surface area contributed by atoms with Gasteiger partial charge in [0, 0.05) is 5.69 Å². The molecule has 0 saturated heterocycles. The Kier molecular flexibility index (Phi) is 3.17. The average Bonchev–Trinajstić information content (AvgIpc) is 2.12. The maximum atomic E-state index is 13.0. The first-order chi connectivity index (χ1) is 6.63. The van der Waals surface area contributed by atoms with Gasteiger partial charge in [0.25, 0.3) is 5.91 Å². The minimum absolute atomic E-state index is 0.318. The normalized spacial score (nSPS) is 10.4. The van der Waals surface area contributed by atoms with Gasteiger partial charge < -0.3 is 10.5 Å². The molecule has 0 spiro atoms. The fourth-order valence-electron chi connectivity index (χ4n) is 0.898. The number of hydrogen-bond acceptors (Lipinski definition) is 3. The molecule has 0 saturated carbocycles. The molecule has 0 fully saturated rings. The summed E-state index contributed by atoms with van der Waals surface area (Å²) in [6.45, 7) is 1.62. The molecule has 0 unspecified atom stereocenters. The van der Waals surface area contributed by atoms with Crippen LogP contribution < -0.4 is 5.32 Å². The van der Waals surface area contributed by atoms with Gasteiger partial charge in [-0.15, -0.1) is 0 Å². The van der Waals surface area contributed by atoms with Crippen molar-refractivity contribution in [3.8, 4) is 0 Å². The number of benzene rings is 1. The van der Waals surface area contributed by atoms with Gasteiger partial charge in [-0.3, -0.25) is 4.79 Å². The first kappa shape index (κ1) is 10.2. The highest BCUT2D eigenvalue weighted by Gasteiger charge is 2.01. The van der Waals surface area contributed by atoms with Gasteiger partial charge in [0.2, 0.25) is 0 Å². The van der Waals surface area contributed by atoms with Crippen LogP contribution in [0.1, 0.15) is 5.56 Å². The van der Waals surface area contributed by atoms with E-state index in [-0.39, 0.29) is 0 Å². The second-order valence-corrected chi connectivity index (χ2v) is 2.70. The largest absolute Gasteiger partial charge is 0.411 e. The molecule has 14 heavy (non-hydrogen) atoms. The van der Waals surface area contributed by atoms with Crippen molar-refractivity contribution in [3.63, 3.8) is 0 Å². The van der Waals surface area contributed by atoms with E-state index in [1.165, 1.54) is 6.07 Å². The van der Waals surface area contributed by atoms with Crippen molar-refractivity contribution >= 4 is 17.8 Å². The molecule has 5 heteroatoms. The van der Waals surface area contributed by atoms with Crippen LogP contribution in [0.5, 0.6) is 0 Å². The molecule has 1 aromatic rings. The van der Waals surface area contributed by atoms with Crippen molar-refractivity contribution in [2.75, 3.05) is 5.32 Å². The number of nitrogens with zero attached hydrogens (tertiary/aromatic N) is 1. The van der Waals surface area contributed by atoms with Crippen LogP contribution in [-0.2, 0) is 4.79 Å². The van der Waals surface area contributed by atoms with Crippen molar-refractivity contribution in [2.24, 2.45) is 5.16 Å². The van der Waals surface area contributed by atoms with Crippen LogP contribution in [0.15, 0.2) is 23.4 Å². The van der Waals surface area contributed by atoms with E-state index in [4.69, 9.17) is 5.21 Å². The third-order valence-electron chi connectivity index (χ3n) is 1.61. The zero-order chi connectivity index (χ0) is 10.6. The SMILES string of the molecule is Cc1ccc(NC(=O)/C=N\O)cc1F. The Hall–Kier alpha value is -1.91. The van der Waals surface area contributed by atoms with E-state index in [0.717, 1.165) is 0 Å². The number of anilines is 1. The first-order valence-electron chi connectivity index (χ1n) is 3.88. The third kappa shape index (κ3) is 2.55. The van der Waals surface area contributed by atoms with Gasteiger partial charge in [0.1, 0.15) is 12.0 Å². The zero-order valence-corrected chi connectivity index (χ0v) is 7.49. The Balaban J connectivity index is 2.78. The maximum absolute atomic E-state index is 13.0. The highest BCUT2D eigenvalue weighted by atomic mass is 19.1. The van der Waals surface area contributed by atoms with Crippen LogP contribution >= 0.6 is 0 Å². The van der Waals surface area contributed by atoms with Crippen molar-refractivity contribution in [1.82, 2.24) is 0 Å². The molecule has 0 aromatic heterocycles. The predicted octanol–water partition coefficient (Wildman–Crippen LogP) is 1.53. The van der Waals surface area contributed by atoms with Gasteiger partial charge in [0.15, 0.2) is 0 Å². The summed E-state index contributed by atoms with van der Waals surface area (Å²) in [4.78, 5) is 10.9. The molecule has 0 radical (unpaired) electrons. The molecule has 1 amide bonds. The monoisotopic (exact) mass is 196 g/mol. The molecule has 0 atom stereocenters. The van der Waals surface area contributed by atoms with Crippen molar-refractivity contribution in [2.45, 2.75) is 6.92 Å². The lowest BCUT2D eigenvalue weighted by Crippen LogP contribution is -2.12. The number of hydrogen-bond donors (Lipinski definition) is 2. The van der Waals surface area contributed by atoms with Gasteiger partial charge in [-0.05, 0) is 24.6 Å². The fraction of sp³-hybridized carbons (Fsp3) is 0.111. The molecule has 2 N–H and O–H groups in total. The number of oxime groups is 1. The minimum Gasteiger partial charge on any atom is -0.411 e. The summed E-state index contributed by atoms with van der Waals surface area (Å²) >= 11 is 0. The lowest BCUT2D eigenvalue weighted by atomic mass is 10.2. The van der Waals surface area contributed by atoms with Gasteiger partial charge in [-0.1, -0.05) is 11.2 Å². The Morgan fingerprint density at radius 1 is 1.64 bits per heavy atom. The van der Waals surface area contributed by atoms with Crippen LogP contribution in [0, 0.1) is 12.7 Å². The summed E-state index contributed by atoms with van der Waals surface area (Å²) in [5.74, 6) is -1.01. The maximum Gasteiger partial charge on any atom is 0.270 e. The van der Waals surface area contributed by atoms with E-state index < -0.39 is 11.7 Å². The fourth-order valence-corrected chi connectivity index (χ4v) is 0.898. The van der Waals surface area contributed by atoms with Crippen molar-refractivity contribution in [1.29, 1.82) is 0 Å². The van der Waals surface area contributed by atoms with E-state index in [9.17, 15) is 9.18 Å². The molecule has 0 heterocycles. The molecular formula is C9H9FN2O2. The number of nitrogens with one attached hydrogen (secondary N) is 1. The smallest absolute Gasteiger partial charge is 0.270 e. The number of halogens is 1. The molecule has 0 bridgehead atoms. The van der Waals surface area contributed by atoms with Crippen LogP contribution in [0.3, 0.4) is 0 Å². The van der Waals surface area contributed by atoms with Gasteiger partial charge in [-0.2, -0.15) is 0 Å². The van der Waals surface area contributed by atoms with Crippen LogP contribution in [-0.4, -0.2) is 17.3 Å². The van der Waals surface area contributed by atoms with Crippen LogP contribution in [0.2, 0.25) is 0 Å². The van der Waals surface area contributed by atoms with Crippen molar-refractivity contribution < 1.29 is 14.4 Å². The van der Waals surface area contributed by atoms with Crippen molar-refractivity contribution in [3.05, 3.63) is 29.6 Å². The summed E-state index contributed by atoms with van der Waals surface area (Å²) in [5, 5.41) is 12.9. The Morgan fingerprint density at radius 3 is 2.93 bits per heavy atom. The van der Waals surface area contributed by atoms with E-state index in [2.05, 4.69) is 10.5 Å².